The van der Waals surface area contributed by atoms with Crippen LogP contribution in [0.2, 0.25) is 0 Å². The number of aromatic nitrogens is 3. The van der Waals surface area contributed by atoms with E-state index in [0.29, 0.717) is 13.1 Å². The van der Waals surface area contributed by atoms with Crippen LogP contribution in [0.25, 0.3) is 11.4 Å². The lowest BCUT2D eigenvalue weighted by Crippen LogP contribution is -2.47. The van der Waals surface area contributed by atoms with Crippen LogP contribution in [-0.2, 0) is 6.54 Å². The van der Waals surface area contributed by atoms with Crippen LogP contribution >= 0.6 is 0 Å². The molecular formula is C15H21N5O. The molecule has 0 radical (unpaired) electrons. The van der Waals surface area contributed by atoms with Crippen molar-refractivity contribution in [3.63, 3.8) is 0 Å². The summed E-state index contributed by atoms with van der Waals surface area (Å²) in [6.45, 7) is 6.97. The molecule has 0 fully saturated rings. The van der Waals surface area contributed by atoms with E-state index in [1.165, 1.54) is 0 Å². The average molecular weight is 287 g/mol. The molecule has 6 heteroatoms. The largest absolute Gasteiger partial charge is 0.336 e. The second-order valence-electron chi connectivity index (χ2n) is 5.81. The Morgan fingerprint density at radius 1 is 1.24 bits per heavy atom. The summed E-state index contributed by atoms with van der Waals surface area (Å²) < 4.78 is 1.79. The van der Waals surface area contributed by atoms with Gasteiger partial charge in [-0.1, -0.05) is 6.07 Å². The molecule has 0 spiro atoms. The van der Waals surface area contributed by atoms with Crippen LogP contribution in [0.4, 0.5) is 4.79 Å². The van der Waals surface area contributed by atoms with E-state index in [4.69, 9.17) is 0 Å². The number of hydrogen-bond donors (Lipinski definition) is 2. The first-order valence-corrected chi connectivity index (χ1v) is 6.95. The molecule has 2 rings (SSSR count). The average Bonchev–Trinajstić information content (AvgIpc) is 2.86. The summed E-state index contributed by atoms with van der Waals surface area (Å²) in [7, 11) is 0. The Bertz CT molecular complexity index is 586. The van der Waals surface area contributed by atoms with Crippen LogP contribution in [0.15, 0.2) is 36.7 Å². The number of nitrogens with one attached hydrogen (secondary N) is 2. The molecule has 2 N–H and O–H groups in total. The van der Waals surface area contributed by atoms with Gasteiger partial charge in [-0.2, -0.15) is 5.10 Å². The summed E-state index contributed by atoms with van der Waals surface area (Å²) in [4.78, 5) is 15.9. The summed E-state index contributed by atoms with van der Waals surface area (Å²) in [5.74, 6) is 0. The summed E-state index contributed by atoms with van der Waals surface area (Å²) in [5.41, 5.74) is 1.44. The first kappa shape index (κ1) is 15.0. The molecule has 2 amide bonds. The Morgan fingerprint density at radius 3 is 2.71 bits per heavy atom. The molecule has 0 aliphatic carbocycles. The zero-order valence-electron chi connectivity index (χ0n) is 12.6. The molecule has 0 aliphatic rings. The second kappa shape index (κ2) is 6.39. The van der Waals surface area contributed by atoms with Crippen molar-refractivity contribution in [2.45, 2.75) is 32.9 Å². The minimum absolute atomic E-state index is 0.167. The molecule has 21 heavy (non-hydrogen) atoms. The molecule has 0 saturated carbocycles. The van der Waals surface area contributed by atoms with Gasteiger partial charge in [-0.05, 0) is 39.0 Å². The number of carbonyl (C=O) groups excluding carboxylic acids is 1. The summed E-state index contributed by atoms with van der Waals surface area (Å²) in [6, 6.07) is 7.47. The van der Waals surface area contributed by atoms with Crippen LogP contribution in [0.1, 0.15) is 20.8 Å². The van der Waals surface area contributed by atoms with E-state index in [1.807, 2.05) is 51.2 Å². The van der Waals surface area contributed by atoms with Crippen molar-refractivity contribution in [3.05, 3.63) is 36.7 Å². The third kappa shape index (κ3) is 4.91. The molecule has 0 bridgehead atoms. The standard InChI is InChI=1S/C15H21N5O/c1-15(2,3)18-14(21)17-9-11-20-10-7-13(19-20)12-6-4-5-8-16-12/h4-8,10H,9,11H2,1-3H3,(H2,17,18,21). The van der Waals surface area contributed by atoms with Gasteiger partial charge in [0, 0.05) is 24.5 Å². The van der Waals surface area contributed by atoms with E-state index in [2.05, 4.69) is 20.7 Å². The summed E-state index contributed by atoms with van der Waals surface area (Å²) in [5, 5.41) is 10.1. The van der Waals surface area contributed by atoms with Crippen molar-refractivity contribution < 1.29 is 4.79 Å². The first-order chi connectivity index (χ1) is 9.94. The van der Waals surface area contributed by atoms with Crippen LogP contribution in [0.3, 0.4) is 0 Å². The highest BCUT2D eigenvalue weighted by molar-refractivity contribution is 5.74. The monoisotopic (exact) mass is 287 g/mol. The van der Waals surface area contributed by atoms with Crippen molar-refractivity contribution >= 4 is 6.03 Å². The summed E-state index contributed by atoms with van der Waals surface area (Å²) in [6.07, 6.45) is 3.63. The van der Waals surface area contributed by atoms with E-state index >= 15 is 0 Å². The molecule has 6 nitrogen and oxygen atoms in total. The van der Waals surface area contributed by atoms with Crippen molar-refractivity contribution in [2.75, 3.05) is 6.54 Å². The van der Waals surface area contributed by atoms with Gasteiger partial charge in [0.1, 0.15) is 5.69 Å². The normalized spacial score (nSPS) is 11.2. The van der Waals surface area contributed by atoms with Crippen LogP contribution in [0, 0.1) is 0 Å². The van der Waals surface area contributed by atoms with Crippen molar-refractivity contribution in [1.29, 1.82) is 0 Å². The first-order valence-electron chi connectivity index (χ1n) is 6.95. The Kier molecular flexibility index (Phi) is 4.57. The maximum Gasteiger partial charge on any atom is 0.315 e. The van der Waals surface area contributed by atoms with E-state index in [0.717, 1.165) is 11.4 Å². The van der Waals surface area contributed by atoms with E-state index in [-0.39, 0.29) is 11.6 Å². The van der Waals surface area contributed by atoms with Gasteiger partial charge < -0.3 is 10.6 Å². The van der Waals surface area contributed by atoms with Crippen molar-refractivity contribution in [1.82, 2.24) is 25.4 Å². The zero-order valence-corrected chi connectivity index (χ0v) is 12.6. The number of urea groups is 1. The van der Waals surface area contributed by atoms with Crippen LogP contribution < -0.4 is 10.6 Å². The van der Waals surface area contributed by atoms with E-state index in [1.54, 1.807) is 10.9 Å². The lowest BCUT2D eigenvalue weighted by molar-refractivity contribution is 0.231. The van der Waals surface area contributed by atoms with Gasteiger partial charge in [0.05, 0.1) is 12.2 Å². The predicted octanol–water partition coefficient (Wildman–Crippen LogP) is 2.04. The van der Waals surface area contributed by atoms with Crippen LogP contribution in [-0.4, -0.2) is 32.9 Å². The second-order valence-corrected chi connectivity index (χ2v) is 5.81. The fraction of sp³-hybridized carbons (Fsp3) is 0.400. The fourth-order valence-electron chi connectivity index (χ4n) is 1.81. The molecule has 0 atom stereocenters. The maximum absolute atomic E-state index is 11.6. The lowest BCUT2D eigenvalue weighted by Gasteiger charge is -2.20. The molecule has 2 aromatic heterocycles. The molecule has 2 heterocycles. The Balaban J connectivity index is 1.83. The number of carbonyl (C=O) groups is 1. The molecule has 0 aromatic carbocycles. The smallest absolute Gasteiger partial charge is 0.315 e. The Hall–Kier alpha value is -2.37. The van der Waals surface area contributed by atoms with E-state index < -0.39 is 0 Å². The maximum atomic E-state index is 11.6. The molecular weight excluding hydrogens is 266 g/mol. The minimum atomic E-state index is -0.234. The highest BCUT2D eigenvalue weighted by atomic mass is 16.2. The third-order valence-corrected chi connectivity index (χ3v) is 2.68. The van der Waals surface area contributed by atoms with Gasteiger partial charge >= 0.3 is 6.03 Å². The zero-order chi connectivity index (χ0) is 15.3. The fourth-order valence-corrected chi connectivity index (χ4v) is 1.81. The molecule has 2 aromatic rings. The molecule has 0 aliphatic heterocycles. The summed E-state index contributed by atoms with van der Waals surface area (Å²) >= 11 is 0. The predicted molar refractivity (Wildman–Crippen MR) is 81.7 cm³/mol. The number of pyridine rings is 1. The molecule has 0 saturated heterocycles. The van der Waals surface area contributed by atoms with Gasteiger partial charge in [-0.25, -0.2) is 4.79 Å². The number of hydrogen-bond acceptors (Lipinski definition) is 3. The highest BCUT2D eigenvalue weighted by Crippen LogP contribution is 2.12. The van der Waals surface area contributed by atoms with Gasteiger partial charge in [-0.15, -0.1) is 0 Å². The Labute approximate surface area is 124 Å². The molecule has 0 unspecified atom stereocenters. The molecule has 112 valence electrons. The SMILES string of the molecule is CC(C)(C)NC(=O)NCCn1ccc(-c2ccccn2)n1. The lowest BCUT2D eigenvalue weighted by atomic mass is 10.1. The van der Waals surface area contributed by atoms with Crippen LogP contribution in [0.5, 0.6) is 0 Å². The third-order valence-electron chi connectivity index (χ3n) is 2.68. The van der Waals surface area contributed by atoms with Gasteiger partial charge in [0.2, 0.25) is 0 Å². The minimum Gasteiger partial charge on any atom is -0.336 e. The highest BCUT2D eigenvalue weighted by Gasteiger charge is 2.12. The number of nitrogens with zero attached hydrogens (tertiary/aromatic N) is 3. The van der Waals surface area contributed by atoms with Gasteiger partial charge in [0.25, 0.3) is 0 Å². The number of amides is 2. The van der Waals surface area contributed by atoms with Gasteiger partial charge in [0.15, 0.2) is 0 Å². The quantitative estimate of drug-likeness (QED) is 0.904. The van der Waals surface area contributed by atoms with E-state index in [9.17, 15) is 4.79 Å². The van der Waals surface area contributed by atoms with Crippen molar-refractivity contribution in [2.24, 2.45) is 0 Å². The number of rotatable bonds is 4. The van der Waals surface area contributed by atoms with Crippen molar-refractivity contribution in [3.8, 4) is 11.4 Å². The Morgan fingerprint density at radius 2 is 2.05 bits per heavy atom. The topological polar surface area (TPSA) is 71.8 Å². The van der Waals surface area contributed by atoms with Gasteiger partial charge in [-0.3, -0.25) is 9.67 Å².